The number of pyridine rings is 1. The van der Waals surface area contributed by atoms with Crippen LogP contribution in [0.5, 0.6) is 5.75 Å². The lowest BCUT2D eigenvalue weighted by Crippen LogP contribution is -2.47. The molecule has 4 rings (SSSR count). The first-order valence-electron chi connectivity index (χ1n) is 14.1. The fourth-order valence-electron chi connectivity index (χ4n) is 4.96. The minimum absolute atomic E-state index is 0.0221. The van der Waals surface area contributed by atoms with Gasteiger partial charge in [0.25, 0.3) is 5.56 Å². The Morgan fingerprint density at radius 3 is 2.65 bits per heavy atom. The number of aliphatic hydroxyl groups excluding tert-OH is 1. The highest BCUT2D eigenvalue weighted by atomic mass is 16.5. The minimum Gasteiger partial charge on any atom is -0.492 e. The number of rotatable bonds is 12. The molecule has 1 saturated heterocycles. The highest BCUT2D eigenvalue weighted by molar-refractivity contribution is 5.82. The molecule has 2 N–H and O–H groups in total. The van der Waals surface area contributed by atoms with Gasteiger partial charge in [0.2, 0.25) is 0 Å². The molecule has 1 aromatic carbocycles. The molecular weight excluding hydrogens is 512 g/mol. The molecule has 0 amide bonds. The van der Waals surface area contributed by atoms with E-state index in [0.29, 0.717) is 37.0 Å². The van der Waals surface area contributed by atoms with Gasteiger partial charge in [0.1, 0.15) is 24.2 Å². The molecule has 10 nitrogen and oxygen atoms in total. The number of aryl methyl sites for hydroxylation is 2. The number of aromatic nitrogens is 3. The zero-order valence-corrected chi connectivity index (χ0v) is 24.2. The van der Waals surface area contributed by atoms with Gasteiger partial charge in [0, 0.05) is 56.7 Å². The summed E-state index contributed by atoms with van der Waals surface area (Å²) in [6.45, 7) is 10.6. The van der Waals surface area contributed by atoms with E-state index >= 15 is 0 Å². The van der Waals surface area contributed by atoms with Gasteiger partial charge in [0.05, 0.1) is 23.7 Å². The third-order valence-electron chi connectivity index (χ3n) is 7.15. The summed E-state index contributed by atoms with van der Waals surface area (Å²) in [6, 6.07) is 6.89. The van der Waals surface area contributed by atoms with Crippen LogP contribution in [0.3, 0.4) is 0 Å². The summed E-state index contributed by atoms with van der Waals surface area (Å²) in [5.41, 5.74) is 3.35. The summed E-state index contributed by atoms with van der Waals surface area (Å²) in [4.78, 5) is 29.7. The van der Waals surface area contributed by atoms with Gasteiger partial charge in [-0.05, 0) is 56.7 Å². The Bertz CT molecular complexity index is 1330. The second-order valence-electron chi connectivity index (χ2n) is 11.1. The maximum atomic E-state index is 12.4. The van der Waals surface area contributed by atoms with E-state index in [1.165, 1.54) is 0 Å². The van der Waals surface area contributed by atoms with Crippen molar-refractivity contribution < 1.29 is 24.1 Å². The van der Waals surface area contributed by atoms with Crippen LogP contribution in [0.4, 0.5) is 0 Å². The third kappa shape index (κ3) is 7.30. The molecule has 0 unspecified atom stereocenters. The molecule has 3 heterocycles. The van der Waals surface area contributed by atoms with E-state index in [4.69, 9.17) is 19.2 Å². The summed E-state index contributed by atoms with van der Waals surface area (Å²) in [6.07, 6.45) is 2.91. The van der Waals surface area contributed by atoms with Crippen molar-refractivity contribution in [2.45, 2.75) is 59.2 Å². The average Bonchev–Trinajstić information content (AvgIpc) is 3.27. The quantitative estimate of drug-likeness (QED) is 0.259. The number of aliphatic hydroxyl groups is 1. The Kier molecular flexibility index (Phi) is 9.99. The Labute approximate surface area is 235 Å². The number of nitrogens with one attached hydrogen (secondary N) is 1. The van der Waals surface area contributed by atoms with Crippen LogP contribution >= 0.6 is 0 Å². The molecule has 2 aromatic heterocycles. The minimum atomic E-state index is -0.893. The monoisotopic (exact) mass is 554 g/mol. The molecule has 2 atom stereocenters. The summed E-state index contributed by atoms with van der Waals surface area (Å²) >= 11 is 0. The number of carbonyl (C=O) groups excluding carboxylic acids is 1. The SMILES string of the molecule is Cc1cc(-c2nc3ccc(OCCN[C@H](C(=O)OCC(C)C)[C@@H](C)O)cc3n2CC2CCOCC2)cn(C)c1=O. The van der Waals surface area contributed by atoms with E-state index < -0.39 is 18.1 Å². The van der Waals surface area contributed by atoms with Gasteiger partial charge in [-0.25, -0.2) is 4.98 Å². The fourth-order valence-corrected chi connectivity index (χ4v) is 4.96. The largest absolute Gasteiger partial charge is 0.492 e. The average molecular weight is 555 g/mol. The van der Waals surface area contributed by atoms with Crippen LogP contribution in [0, 0.1) is 18.8 Å². The van der Waals surface area contributed by atoms with Gasteiger partial charge in [-0.15, -0.1) is 0 Å². The number of esters is 1. The second-order valence-corrected chi connectivity index (χ2v) is 11.1. The van der Waals surface area contributed by atoms with Gasteiger partial charge in [-0.3, -0.25) is 14.9 Å². The number of benzene rings is 1. The molecule has 0 spiro atoms. The highest BCUT2D eigenvalue weighted by Crippen LogP contribution is 2.30. The number of imidazole rings is 1. The van der Waals surface area contributed by atoms with Gasteiger partial charge in [-0.1, -0.05) is 13.8 Å². The van der Waals surface area contributed by atoms with E-state index in [2.05, 4.69) is 9.88 Å². The van der Waals surface area contributed by atoms with Gasteiger partial charge >= 0.3 is 5.97 Å². The number of hydrogen-bond donors (Lipinski definition) is 2. The van der Waals surface area contributed by atoms with Crippen molar-refractivity contribution in [2.75, 3.05) is 33.0 Å². The Morgan fingerprint density at radius 1 is 1.23 bits per heavy atom. The standard InChI is InChI=1S/C30H42N4O6/c1-19(2)18-40-30(37)27(21(4)35)31-10-13-39-24-6-7-25-26(15-24)34(16-22-8-11-38-12-9-22)28(32-25)23-14-20(3)29(36)33(5)17-23/h6-7,14-15,17,19,21-22,27,31,35H,8-13,16,18H2,1-5H3/t21-,27+/m1/s1. The van der Waals surface area contributed by atoms with E-state index in [1.807, 2.05) is 51.2 Å². The molecule has 0 aliphatic carbocycles. The molecular formula is C30H42N4O6. The zero-order chi connectivity index (χ0) is 28.8. The summed E-state index contributed by atoms with van der Waals surface area (Å²) in [5, 5.41) is 13.1. The molecule has 0 saturated carbocycles. The third-order valence-corrected chi connectivity index (χ3v) is 7.15. The van der Waals surface area contributed by atoms with Crippen molar-refractivity contribution >= 4 is 17.0 Å². The van der Waals surface area contributed by atoms with Crippen molar-refractivity contribution in [2.24, 2.45) is 18.9 Å². The molecule has 1 fully saturated rings. The highest BCUT2D eigenvalue weighted by Gasteiger charge is 2.25. The van der Waals surface area contributed by atoms with Crippen LogP contribution in [0.15, 0.2) is 35.3 Å². The van der Waals surface area contributed by atoms with Crippen LogP contribution in [0.2, 0.25) is 0 Å². The maximum absolute atomic E-state index is 12.4. The second kappa shape index (κ2) is 13.4. The Hall–Kier alpha value is -3.21. The lowest BCUT2D eigenvalue weighted by molar-refractivity contribution is -0.150. The topological polar surface area (TPSA) is 117 Å². The van der Waals surface area contributed by atoms with Crippen molar-refractivity contribution in [1.29, 1.82) is 0 Å². The smallest absolute Gasteiger partial charge is 0.325 e. The van der Waals surface area contributed by atoms with Crippen LogP contribution in [0.25, 0.3) is 22.4 Å². The van der Waals surface area contributed by atoms with Crippen molar-refractivity contribution in [3.05, 3.63) is 46.4 Å². The Morgan fingerprint density at radius 2 is 1.98 bits per heavy atom. The molecule has 3 aromatic rings. The normalized spacial score (nSPS) is 15.9. The Balaban J connectivity index is 1.53. The summed E-state index contributed by atoms with van der Waals surface area (Å²) in [7, 11) is 1.76. The molecule has 218 valence electrons. The van der Waals surface area contributed by atoms with E-state index in [1.54, 1.807) is 18.5 Å². The van der Waals surface area contributed by atoms with Gasteiger partial charge in [0.15, 0.2) is 0 Å². The van der Waals surface area contributed by atoms with Crippen LogP contribution in [-0.2, 0) is 27.9 Å². The molecule has 40 heavy (non-hydrogen) atoms. The number of carbonyl (C=O) groups is 1. The van der Waals surface area contributed by atoms with Crippen LogP contribution in [-0.4, -0.2) is 70.3 Å². The lowest BCUT2D eigenvalue weighted by Gasteiger charge is -2.23. The summed E-state index contributed by atoms with van der Waals surface area (Å²) < 4.78 is 20.7. The predicted molar refractivity (Wildman–Crippen MR) is 153 cm³/mol. The maximum Gasteiger partial charge on any atom is 0.325 e. The van der Waals surface area contributed by atoms with Crippen molar-refractivity contribution in [3.8, 4) is 17.1 Å². The molecule has 1 aliphatic heterocycles. The summed E-state index contributed by atoms with van der Waals surface area (Å²) in [5.74, 6) is 1.71. The lowest BCUT2D eigenvalue weighted by atomic mass is 10.00. The number of nitrogens with zero attached hydrogens (tertiary/aromatic N) is 3. The molecule has 0 bridgehead atoms. The van der Waals surface area contributed by atoms with Crippen LogP contribution in [0.1, 0.15) is 39.2 Å². The molecule has 1 aliphatic rings. The van der Waals surface area contributed by atoms with Crippen molar-refractivity contribution in [1.82, 2.24) is 19.4 Å². The fraction of sp³-hybridized carbons (Fsp3) is 0.567. The number of ether oxygens (including phenoxy) is 3. The van der Waals surface area contributed by atoms with Gasteiger partial charge in [-0.2, -0.15) is 0 Å². The van der Waals surface area contributed by atoms with E-state index in [9.17, 15) is 14.7 Å². The first-order valence-corrected chi connectivity index (χ1v) is 14.1. The number of fused-ring (bicyclic) bond motifs is 1. The molecule has 10 heteroatoms. The van der Waals surface area contributed by atoms with E-state index in [0.717, 1.165) is 55.0 Å². The first-order chi connectivity index (χ1) is 19.1. The predicted octanol–water partition coefficient (Wildman–Crippen LogP) is 3.05. The van der Waals surface area contributed by atoms with E-state index in [-0.39, 0.29) is 11.5 Å². The van der Waals surface area contributed by atoms with Crippen LogP contribution < -0.4 is 15.6 Å². The van der Waals surface area contributed by atoms with Gasteiger partial charge < -0.3 is 28.5 Å². The molecule has 0 radical (unpaired) electrons. The first kappa shape index (κ1) is 29.8. The zero-order valence-electron chi connectivity index (χ0n) is 24.2. The number of hydrogen-bond acceptors (Lipinski definition) is 8. The van der Waals surface area contributed by atoms with Crippen molar-refractivity contribution in [3.63, 3.8) is 0 Å².